The lowest BCUT2D eigenvalue weighted by Gasteiger charge is -2.25. The molecule has 0 amide bonds. The predicted molar refractivity (Wildman–Crippen MR) is 244 cm³/mol. The molecule has 2 rings (SSSR count). The molecule has 2 aromatic rings. The largest absolute Gasteiger partial charge is 0.463 e. The Balaban J connectivity index is 1.85. The molecular weight excluding hydrogens is 807 g/mol. The van der Waals surface area contributed by atoms with Crippen LogP contribution in [0.2, 0.25) is 0 Å². The summed E-state index contributed by atoms with van der Waals surface area (Å²) in [6, 6.07) is 10.0. The molecule has 0 spiro atoms. The Hall–Kier alpha value is -4.73. The van der Waals surface area contributed by atoms with Crippen molar-refractivity contribution in [2.75, 3.05) is 70.8 Å². The summed E-state index contributed by atoms with van der Waals surface area (Å²) in [5.41, 5.74) is 3.37. The van der Waals surface area contributed by atoms with Crippen LogP contribution in [0.5, 0.6) is 0 Å². The van der Waals surface area contributed by atoms with Crippen LogP contribution in [-0.2, 0) is 38.1 Å². The van der Waals surface area contributed by atoms with Gasteiger partial charge in [-0.1, -0.05) is 70.8 Å². The Bertz CT molecular complexity index is 1780. The number of unbranched alkanes of at least 4 members (excludes halogenated alkanes) is 6. The monoisotopic (exact) mass is 875 g/mol. The van der Waals surface area contributed by atoms with E-state index in [1.807, 2.05) is 31.2 Å². The number of nitriles is 2. The highest BCUT2D eigenvalue weighted by Crippen LogP contribution is 2.36. The fourth-order valence-electron chi connectivity index (χ4n) is 6.17. The van der Waals surface area contributed by atoms with Crippen molar-refractivity contribution in [3.8, 4) is 12.1 Å². The lowest BCUT2D eigenvalue weighted by molar-refractivity contribution is -0.147. The van der Waals surface area contributed by atoms with Gasteiger partial charge in [-0.25, -0.2) is 0 Å². The minimum absolute atomic E-state index is 0.0479. The third-order valence-electron chi connectivity index (χ3n) is 9.90. The molecule has 0 aliphatic carbocycles. The highest BCUT2D eigenvalue weighted by molar-refractivity contribution is 7.16. The predicted octanol–water partition coefficient (Wildman–Crippen LogP) is 10.8. The smallest absolute Gasteiger partial charge is 0.306 e. The molecule has 14 heteroatoms. The number of carbonyl (C=O) groups is 3. The minimum atomic E-state index is -0.417. The maximum atomic E-state index is 12.4. The van der Waals surface area contributed by atoms with Gasteiger partial charge in [0.15, 0.2) is 5.00 Å². The van der Waals surface area contributed by atoms with Crippen LogP contribution in [0.4, 0.5) is 16.4 Å². The zero-order valence-electron chi connectivity index (χ0n) is 37.7. The second kappa shape index (κ2) is 33.8. The molecule has 62 heavy (non-hydrogen) atoms. The molecule has 0 saturated heterocycles. The molecule has 0 fully saturated rings. The Labute approximate surface area is 374 Å². The fraction of sp³-hybridized carbons (Fsp3) is 0.604. The molecular formula is C48H69N5O8S. The third kappa shape index (κ3) is 22.9. The number of hydrogen-bond donors (Lipinski definition) is 0. The number of aryl methyl sites for hydroxylation is 1. The van der Waals surface area contributed by atoms with Crippen LogP contribution in [0.25, 0.3) is 0 Å². The van der Waals surface area contributed by atoms with Crippen molar-refractivity contribution < 1.29 is 38.1 Å². The minimum Gasteiger partial charge on any atom is -0.463 e. The molecule has 1 aromatic heterocycles. The molecule has 2 atom stereocenters. The van der Waals surface area contributed by atoms with E-state index >= 15 is 0 Å². The van der Waals surface area contributed by atoms with Crippen molar-refractivity contribution in [2.24, 2.45) is 22.1 Å². The van der Waals surface area contributed by atoms with Gasteiger partial charge in [0.25, 0.3) is 0 Å². The van der Waals surface area contributed by atoms with E-state index in [0.29, 0.717) is 79.1 Å². The van der Waals surface area contributed by atoms with E-state index in [4.69, 9.17) is 23.7 Å². The molecule has 13 nitrogen and oxygen atoms in total. The topological polar surface area (TPSA) is 173 Å². The van der Waals surface area contributed by atoms with Crippen molar-refractivity contribution in [1.82, 2.24) is 0 Å². The molecule has 0 saturated carbocycles. The summed E-state index contributed by atoms with van der Waals surface area (Å²) < 4.78 is 28.0. The summed E-state index contributed by atoms with van der Waals surface area (Å²) in [4.78, 5) is 38.6. The summed E-state index contributed by atoms with van der Waals surface area (Å²) in [6.45, 7) is 13.4. The van der Waals surface area contributed by atoms with E-state index < -0.39 is 11.9 Å². The Morgan fingerprint density at radius 3 is 1.90 bits per heavy atom. The lowest BCUT2D eigenvalue weighted by atomic mass is 10.0. The van der Waals surface area contributed by atoms with Crippen LogP contribution in [0, 0.1) is 48.3 Å². The van der Waals surface area contributed by atoms with E-state index in [1.165, 1.54) is 25.7 Å². The van der Waals surface area contributed by atoms with E-state index in [9.17, 15) is 24.9 Å². The van der Waals surface area contributed by atoms with Gasteiger partial charge in [-0.2, -0.15) is 10.5 Å². The summed E-state index contributed by atoms with van der Waals surface area (Å²) in [6.07, 6.45) is 20.2. The van der Waals surface area contributed by atoms with Gasteiger partial charge in [-0.15, -0.1) is 21.6 Å². The van der Waals surface area contributed by atoms with Crippen molar-refractivity contribution in [2.45, 2.75) is 112 Å². The van der Waals surface area contributed by atoms with Crippen LogP contribution < -0.4 is 4.90 Å². The van der Waals surface area contributed by atoms with Crippen LogP contribution >= 0.6 is 11.3 Å². The van der Waals surface area contributed by atoms with Crippen LogP contribution in [0.15, 0.2) is 52.7 Å². The number of ether oxygens (including phenoxy) is 5. The van der Waals surface area contributed by atoms with Gasteiger partial charge in [-0.05, 0) is 87.6 Å². The van der Waals surface area contributed by atoms with Crippen molar-refractivity contribution >= 4 is 45.9 Å². The van der Waals surface area contributed by atoms with Crippen molar-refractivity contribution in [1.29, 1.82) is 10.5 Å². The Morgan fingerprint density at radius 1 is 0.758 bits per heavy atom. The standard InChI is InChI=1S/C48H69N5O8S/c1-6-8-10-12-14-16-18-38(3)32-46(55)60-30-28-58-25-23-53(42-20-21-44(39(4)33-42)51-52-48-43(35-49)40(5)45(36-50)62-48)22-24-57-26-27-59-29-31-61-47(56)34-41(37-54)19-17-15-13-11-9-7-2/h14-17,20-21,33,37-38,41H,6-13,18-19,22-32,34H2,1-5H3/b16-14+,17-15+,52-51?. The Morgan fingerprint density at radius 2 is 1.34 bits per heavy atom. The van der Waals surface area contributed by atoms with Gasteiger partial charge in [0, 0.05) is 31.1 Å². The van der Waals surface area contributed by atoms with Gasteiger partial charge in [0.05, 0.1) is 57.3 Å². The second-order valence-corrected chi connectivity index (χ2v) is 16.2. The van der Waals surface area contributed by atoms with Crippen molar-refractivity contribution in [3.05, 3.63) is 64.1 Å². The summed E-state index contributed by atoms with van der Waals surface area (Å²) >= 11 is 1.14. The normalized spacial score (nSPS) is 12.4. The molecule has 1 aromatic carbocycles. The SMILES string of the molecule is CCCCC/C=C/CC(C)CC(=O)OCCOCCN(CCOCCOCCOC(=O)CC(C=O)C/C=C/CCCCC)c1ccc(N=Nc2sc(C#N)c(C)c2C#N)c(C)c1. The molecule has 0 aliphatic heterocycles. The number of allylic oxidation sites excluding steroid dienone is 4. The van der Waals surface area contributed by atoms with Crippen molar-refractivity contribution in [3.63, 3.8) is 0 Å². The first-order valence-electron chi connectivity index (χ1n) is 22.2. The Kier molecular flexibility index (Phi) is 29.2. The molecule has 0 bridgehead atoms. The number of hydrogen-bond acceptors (Lipinski definition) is 14. The molecule has 340 valence electrons. The first kappa shape index (κ1) is 53.4. The van der Waals surface area contributed by atoms with Crippen LogP contribution in [0.3, 0.4) is 0 Å². The molecule has 2 unspecified atom stereocenters. The van der Waals surface area contributed by atoms with Gasteiger partial charge < -0.3 is 33.4 Å². The number of rotatable bonds is 35. The summed E-state index contributed by atoms with van der Waals surface area (Å²) in [7, 11) is 0. The second-order valence-electron chi connectivity index (χ2n) is 15.2. The number of esters is 2. The zero-order valence-corrected chi connectivity index (χ0v) is 38.6. The molecule has 0 aliphatic rings. The highest BCUT2D eigenvalue weighted by atomic mass is 32.1. The fourth-order valence-corrected chi connectivity index (χ4v) is 7.05. The number of carbonyl (C=O) groups excluding carboxylic acids is 3. The number of anilines is 1. The lowest BCUT2D eigenvalue weighted by Crippen LogP contribution is -2.31. The summed E-state index contributed by atoms with van der Waals surface area (Å²) in [5, 5.41) is 28.1. The number of nitrogens with zero attached hydrogens (tertiary/aromatic N) is 5. The number of benzene rings is 1. The number of thiophene rings is 1. The number of aldehydes is 1. The van der Waals surface area contributed by atoms with E-state index in [-0.39, 0.29) is 44.7 Å². The average Bonchev–Trinajstić information content (AvgIpc) is 3.58. The first-order chi connectivity index (χ1) is 30.2. The van der Waals surface area contributed by atoms with Gasteiger partial charge in [-0.3, -0.25) is 9.59 Å². The van der Waals surface area contributed by atoms with Gasteiger partial charge in [0.1, 0.15) is 36.5 Å². The maximum absolute atomic E-state index is 12.4. The van der Waals surface area contributed by atoms with Crippen LogP contribution in [-0.4, -0.2) is 84.2 Å². The average molecular weight is 876 g/mol. The van der Waals surface area contributed by atoms with Gasteiger partial charge >= 0.3 is 11.9 Å². The third-order valence-corrected chi connectivity index (χ3v) is 11.0. The van der Waals surface area contributed by atoms with E-state index in [0.717, 1.165) is 61.0 Å². The highest BCUT2D eigenvalue weighted by Gasteiger charge is 2.16. The zero-order chi connectivity index (χ0) is 45.2. The first-order valence-corrected chi connectivity index (χ1v) is 23.0. The maximum Gasteiger partial charge on any atom is 0.306 e. The van der Waals surface area contributed by atoms with Crippen LogP contribution in [0.1, 0.15) is 119 Å². The van der Waals surface area contributed by atoms with Gasteiger partial charge in [0.2, 0.25) is 0 Å². The van der Waals surface area contributed by atoms with E-state index in [1.54, 1.807) is 6.92 Å². The quantitative estimate of drug-likeness (QED) is 0.0212. The summed E-state index contributed by atoms with van der Waals surface area (Å²) in [5.74, 6) is -0.816. The molecule has 1 heterocycles. The molecule has 0 radical (unpaired) electrons. The van der Waals surface area contributed by atoms with E-state index in [2.05, 4.69) is 66.3 Å². The molecule has 0 N–H and O–H groups in total. The number of azo groups is 1.